The van der Waals surface area contributed by atoms with Gasteiger partial charge in [-0.25, -0.2) is 15.4 Å². The average molecular weight is 618 g/mol. The minimum atomic E-state index is -0.862. The van der Waals surface area contributed by atoms with Crippen molar-refractivity contribution in [2.45, 2.75) is 74.8 Å². The van der Waals surface area contributed by atoms with Crippen molar-refractivity contribution < 1.29 is 18.3 Å². The predicted octanol–water partition coefficient (Wildman–Crippen LogP) is 3.91. The van der Waals surface area contributed by atoms with Crippen LogP contribution in [0.1, 0.15) is 54.5 Å². The lowest BCUT2D eigenvalue weighted by Crippen LogP contribution is -2.57. The summed E-state index contributed by atoms with van der Waals surface area (Å²) in [7, 11) is 2.06. The van der Waals surface area contributed by atoms with E-state index in [1.54, 1.807) is 17.0 Å². The molecule has 1 aromatic carbocycles. The Morgan fingerprint density at radius 1 is 1.22 bits per heavy atom. The quantitative estimate of drug-likeness (QED) is 0.360. The summed E-state index contributed by atoms with van der Waals surface area (Å²) in [5, 5.41) is 0. The number of halogens is 2. The average Bonchev–Trinajstić information content (AvgIpc) is 3.56. The lowest BCUT2D eigenvalue weighted by atomic mass is 9.70. The molecule has 2 aromatic rings. The van der Waals surface area contributed by atoms with Gasteiger partial charge in [-0.05, 0) is 63.4 Å². The molecule has 0 saturated carbocycles. The standard InChI is InChI=1S/C34H41F2N7O2/c1-4-29(44)43-15-14-41(20-25(43)18-37-2)31-26-21-40(3)34(12-6-9-23-8-5-10-27(36)30(23)34)17-28(26)38-32(39-31)45-22-33-11-7-13-42(33)19-24(35)16-33/h4-5,8,10,24-25H,1,6-7,9,11-22H2,3H3/t24-,25+,33+,34-/m1/s1. The van der Waals surface area contributed by atoms with Crippen molar-refractivity contribution in [1.82, 2.24) is 24.7 Å². The molecule has 0 radical (unpaired) electrons. The third kappa shape index (κ3) is 5.06. The number of amides is 1. The summed E-state index contributed by atoms with van der Waals surface area (Å²) in [6, 6.07) is 5.33. The molecule has 3 fully saturated rings. The molecule has 1 spiro atoms. The molecule has 4 aliphatic heterocycles. The summed E-state index contributed by atoms with van der Waals surface area (Å²) in [5.41, 5.74) is 2.74. The number of fused-ring (bicyclic) bond motifs is 4. The highest BCUT2D eigenvalue weighted by Gasteiger charge is 2.50. The summed E-state index contributed by atoms with van der Waals surface area (Å²) in [5.74, 6) is 0.373. The van der Waals surface area contributed by atoms with E-state index in [1.165, 1.54) is 6.08 Å². The van der Waals surface area contributed by atoms with Gasteiger partial charge < -0.3 is 19.4 Å². The Kier molecular flexibility index (Phi) is 7.77. The fourth-order valence-electron chi connectivity index (χ4n) is 8.85. The van der Waals surface area contributed by atoms with Crippen LogP contribution in [0.4, 0.5) is 14.6 Å². The van der Waals surface area contributed by atoms with Crippen molar-refractivity contribution in [2.24, 2.45) is 0 Å². The van der Waals surface area contributed by atoms with E-state index in [-0.39, 0.29) is 35.9 Å². The molecule has 0 bridgehead atoms. The van der Waals surface area contributed by atoms with Crippen LogP contribution in [0.25, 0.3) is 4.85 Å². The van der Waals surface area contributed by atoms with Crippen LogP contribution >= 0.6 is 0 Å². The van der Waals surface area contributed by atoms with Crippen molar-refractivity contribution in [3.8, 4) is 6.01 Å². The molecule has 3 saturated heterocycles. The number of carbonyl (C=O) groups excluding carboxylic acids is 1. The van der Waals surface area contributed by atoms with E-state index >= 15 is 4.39 Å². The molecule has 45 heavy (non-hydrogen) atoms. The van der Waals surface area contributed by atoms with Crippen LogP contribution < -0.4 is 9.64 Å². The van der Waals surface area contributed by atoms with E-state index in [4.69, 9.17) is 21.3 Å². The van der Waals surface area contributed by atoms with Gasteiger partial charge >= 0.3 is 6.01 Å². The first-order valence-electron chi connectivity index (χ1n) is 16.2. The molecule has 5 heterocycles. The van der Waals surface area contributed by atoms with Crippen LogP contribution in [-0.2, 0) is 29.7 Å². The molecule has 0 unspecified atom stereocenters. The third-order valence-corrected chi connectivity index (χ3v) is 11.0. The van der Waals surface area contributed by atoms with Gasteiger partial charge in [-0.2, -0.15) is 9.97 Å². The summed E-state index contributed by atoms with van der Waals surface area (Å²) in [4.78, 5) is 34.6. The second-order valence-corrected chi connectivity index (χ2v) is 13.5. The van der Waals surface area contributed by atoms with Crippen molar-refractivity contribution in [1.29, 1.82) is 0 Å². The Morgan fingerprint density at radius 3 is 2.91 bits per heavy atom. The van der Waals surface area contributed by atoms with Gasteiger partial charge in [0.2, 0.25) is 12.5 Å². The fourth-order valence-corrected chi connectivity index (χ4v) is 8.85. The van der Waals surface area contributed by atoms with E-state index < -0.39 is 11.7 Å². The van der Waals surface area contributed by atoms with Crippen LogP contribution in [0.15, 0.2) is 30.9 Å². The zero-order chi connectivity index (χ0) is 31.3. The maximum Gasteiger partial charge on any atom is 0.318 e. The lowest BCUT2D eigenvalue weighted by Gasteiger charge is -2.50. The van der Waals surface area contributed by atoms with Crippen LogP contribution in [0.2, 0.25) is 0 Å². The lowest BCUT2D eigenvalue weighted by molar-refractivity contribution is -0.128. The summed E-state index contributed by atoms with van der Waals surface area (Å²) in [6.07, 6.45) is 5.93. The number of alkyl halides is 1. The molecule has 7 rings (SSSR count). The molecule has 1 aliphatic carbocycles. The second kappa shape index (κ2) is 11.6. The second-order valence-electron chi connectivity index (χ2n) is 13.5. The van der Waals surface area contributed by atoms with Crippen molar-refractivity contribution in [2.75, 3.05) is 57.8 Å². The number of anilines is 1. The Hall–Kier alpha value is -3.62. The first-order valence-corrected chi connectivity index (χ1v) is 16.2. The van der Waals surface area contributed by atoms with Crippen molar-refractivity contribution in [3.63, 3.8) is 0 Å². The van der Waals surface area contributed by atoms with E-state index in [9.17, 15) is 9.18 Å². The minimum absolute atomic E-state index is 0.175. The number of piperazine rings is 1. The largest absolute Gasteiger partial charge is 0.461 e. The van der Waals surface area contributed by atoms with Crippen LogP contribution in [0, 0.1) is 12.4 Å². The number of benzene rings is 1. The number of ether oxygens (including phenoxy) is 1. The topological polar surface area (TPSA) is 69.4 Å². The van der Waals surface area contributed by atoms with E-state index in [0.29, 0.717) is 52.2 Å². The Bertz CT molecular complexity index is 1550. The molecule has 1 aromatic heterocycles. The first-order chi connectivity index (χ1) is 21.8. The number of rotatable bonds is 6. The van der Waals surface area contributed by atoms with E-state index in [1.807, 2.05) is 6.07 Å². The van der Waals surface area contributed by atoms with E-state index in [0.717, 1.165) is 66.9 Å². The monoisotopic (exact) mass is 617 g/mol. The normalized spacial score (nSPS) is 29.6. The Morgan fingerprint density at radius 2 is 2.09 bits per heavy atom. The van der Waals surface area contributed by atoms with E-state index in [2.05, 4.69) is 33.2 Å². The molecule has 5 aliphatic rings. The highest BCUT2D eigenvalue weighted by atomic mass is 19.1. The van der Waals surface area contributed by atoms with Gasteiger partial charge in [0.05, 0.1) is 16.8 Å². The molecule has 11 heteroatoms. The maximum absolute atomic E-state index is 15.6. The molecule has 9 nitrogen and oxygen atoms in total. The third-order valence-electron chi connectivity index (χ3n) is 11.0. The Balaban J connectivity index is 1.27. The van der Waals surface area contributed by atoms with Gasteiger partial charge in [0.15, 0.2) is 0 Å². The number of aromatic nitrogens is 2. The van der Waals surface area contributed by atoms with Crippen LogP contribution in [0.5, 0.6) is 6.01 Å². The zero-order valence-electron chi connectivity index (χ0n) is 26.0. The molecule has 1 amide bonds. The zero-order valence-corrected chi connectivity index (χ0v) is 26.0. The fraction of sp³-hybridized carbons (Fsp3) is 0.588. The smallest absolute Gasteiger partial charge is 0.318 e. The molecular formula is C34H41F2N7O2. The SMILES string of the molecule is [C-]#[N+]C[C@H]1CN(c2nc(OC[C@@]34CCCN3C[C@H](F)C4)nc3c2CN(C)[C@]2(CCCc4cccc(F)c42)C3)CCN1C(=O)C=C. The Labute approximate surface area is 263 Å². The first kappa shape index (κ1) is 30.1. The molecule has 4 atom stereocenters. The number of hydrogen-bond donors (Lipinski definition) is 0. The van der Waals surface area contributed by atoms with Gasteiger partial charge in [0, 0.05) is 56.7 Å². The highest BCUT2D eigenvalue weighted by molar-refractivity contribution is 5.87. The van der Waals surface area contributed by atoms with Gasteiger partial charge in [0.1, 0.15) is 30.5 Å². The van der Waals surface area contributed by atoms with Crippen LogP contribution in [-0.4, -0.2) is 101 Å². The van der Waals surface area contributed by atoms with Crippen molar-refractivity contribution >= 4 is 11.7 Å². The minimum Gasteiger partial charge on any atom is -0.461 e. The number of likely N-dealkylation sites (N-methyl/N-ethyl adjacent to an activating group) is 1. The summed E-state index contributed by atoms with van der Waals surface area (Å²) >= 11 is 0. The van der Waals surface area contributed by atoms with Gasteiger partial charge in [-0.3, -0.25) is 14.6 Å². The molecule has 238 valence electrons. The predicted molar refractivity (Wildman–Crippen MR) is 166 cm³/mol. The van der Waals surface area contributed by atoms with Crippen LogP contribution in [0.3, 0.4) is 0 Å². The van der Waals surface area contributed by atoms with Crippen molar-refractivity contribution in [3.05, 3.63) is 70.5 Å². The molecule has 0 N–H and O–H groups in total. The number of nitrogens with zero attached hydrogens (tertiary/aromatic N) is 7. The van der Waals surface area contributed by atoms with Gasteiger partial charge in [-0.1, -0.05) is 18.7 Å². The summed E-state index contributed by atoms with van der Waals surface area (Å²) in [6.45, 7) is 14.9. The van der Waals surface area contributed by atoms with Gasteiger partial charge in [0.25, 0.3) is 0 Å². The van der Waals surface area contributed by atoms with Gasteiger partial charge in [-0.15, -0.1) is 0 Å². The summed E-state index contributed by atoms with van der Waals surface area (Å²) < 4.78 is 36.5. The number of aryl methyl sites for hydroxylation is 1. The highest BCUT2D eigenvalue weighted by Crippen LogP contribution is 2.48. The molecular weight excluding hydrogens is 576 g/mol. The number of carbonyl (C=O) groups is 1. The maximum atomic E-state index is 15.6. The number of hydrogen-bond acceptors (Lipinski definition) is 7.